The molecule has 1 amide bonds. The molecule has 0 N–H and O–H groups in total. The van der Waals surface area contributed by atoms with Gasteiger partial charge in [0.2, 0.25) is 10.0 Å². The van der Waals surface area contributed by atoms with Crippen LogP contribution in [0.15, 0.2) is 65.8 Å². The van der Waals surface area contributed by atoms with Gasteiger partial charge in [0.1, 0.15) is 12.1 Å². The molecule has 0 aliphatic carbocycles. The number of aromatic nitrogens is 2. The Hall–Kier alpha value is -3.25. The molecule has 11 heteroatoms. The summed E-state index contributed by atoms with van der Waals surface area (Å²) in [4.78, 5) is 29.1. The summed E-state index contributed by atoms with van der Waals surface area (Å²) >= 11 is 0. The van der Waals surface area contributed by atoms with E-state index in [4.69, 9.17) is 0 Å². The molecule has 2 atom stereocenters. The third-order valence-electron chi connectivity index (χ3n) is 10.3. The van der Waals surface area contributed by atoms with Gasteiger partial charge >= 0.3 is 0 Å². The van der Waals surface area contributed by atoms with Gasteiger partial charge in [-0.15, -0.1) is 0 Å². The van der Waals surface area contributed by atoms with Crippen LogP contribution in [0.25, 0.3) is 0 Å². The van der Waals surface area contributed by atoms with Gasteiger partial charge in [-0.1, -0.05) is 30.3 Å². The molecule has 9 nitrogen and oxygen atoms in total. The Labute approximate surface area is 266 Å². The molecule has 240 valence electrons. The lowest BCUT2D eigenvalue weighted by Crippen LogP contribution is -2.64. The standard InChI is InChI=1S/C34H43FN6O3S/c1-24-20-39(34(4)13-15-38(16-14-34)33(42)31-25(2)36-23-37-26(31)3)17-18-41(24)32(27-9-8-10-29(35)19-27)28-21-40(22-28)45(43,44)30-11-6-5-7-12-30/h5-12,19,23-24,28,32H,13-18,20-22H2,1-4H3/t24?,32-/m0/s1. The molecule has 3 aromatic rings. The van der Waals surface area contributed by atoms with E-state index >= 15 is 0 Å². The van der Waals surface area contributed by atoms with E-state index in [0.717, 1.165) is 38.0 Å². The predicted octanol–water partition coefficient (Wildman–Crippen LogP) is 4.30. The fraction of sp³-hybridized carbons (Fsp3) is 0.500. The van der Waals surface area contributed by atoms with Gasteiger partial charge in [-0.25, -0.2) is 22.8 Å². The van der Waals surface area contributed by atoms with Crippen molar-refractivity contribution in [2.24, 2.45) is 5.92 Å². The van der Waals surface area contributed by atoms with E-state index in [0.29, 0.717) is 48.0 Å². The van der Waals surface area contributed by atoms with Crippen LogP contribution in [0.3, 0.4) is 0 Å². The molecular formula is C34H43FN6O3S. The molecule has 4 heterocycles. The number of hydrogen-bond acceptors (Lipinski definition) is 7. The molecule has 2 aromatic carbocycles. The van der Waals surface area contributed by atoms with Gasteiger partial charge in [0.25, 0.3) is 5.91 Å². The largest absolute Gasteiger partial charge is 0.338 e. The molecule has 1 aromatic heterocycles. The zero-order chi connectivity index (χ0) is 31.9. The maximum Gasteiger partial charge on any atom is 0.257 e. The van der Waals surface area contributed by atoms with Crippen LogP contribution in [0.2, 0.25) is 0 Å². The summed E-state index contributed by atoms with van der Waals surface area (Å²) in [5.41, 5.74) is 2.89. The summed E-state index contributed by atoms with van der Waals surface area (Å²) in [6, 6.07) is 15.4. The Morgan fingerprint density at radius 2 is 1.60 bits per heavy atom. The van der Waals surface area contributed by atoms with Gasteiger partial charge in [0.05, 0.1) is 21.8 Å². The van der Waals surface area contributed by atoms with E-state index in [2.05, 4.69) is 33.6 Å². The van der Waals surface area contributed by atoms with Crippen molar-refractivity contribution in [1.29, 1.82) is 0 Å². The van der Waals surface area contributed by atoms with E-state index in [-0.39, 0.29) is 35.3 Å². The van der Waals surface area contributed by atoms with Crippen molar-refractivity contribution in [3.8, 4) is 0 Å². The van der Waals surface area contributed by atoms with Crippen LogP contribution in [0, 0.1) is 25.6 Å². The molecule has 6 rings (SSSR count). The molecule has 3 saturated heterocycles. The van der Waals surface area contributed by atoms with Crippen molar-refractivity contribution in [1.82, 2.24) is 29.0 Å². The lowest BCUT2D eigenvalue weighted by atomic mass is 9.84. The number of piperazine rings is 1. The molecular weight excluding hydrogens is 591 g/mol. The van der Waals surface area contributed by atoms with Crippen molar-refractivity contribution in [2.45, 2.75) is 63.1 Å². The molecule has 0 bridgehead atoms. The van der Waals surface area contributed by atoms with Crippen molar-refractivity contribution < 1.29 is 17.6 Å². The number of benzene rings is 2. The number of carbonyl (C=O) groups is 1. The number of carbonyl (C=O) groups excluding carboxylic acids is 1. The Morgan fingerprint density at radius 1 is 0.933 bits per heavy atom. The fourth-order valence-electron chi connectivity index (χ4n) is 7.48. The molecule has 0 radical (unpaired) electrons. The molecule has 3 aliphatic rings. The van der Waals surface area contributed by atoms with E-state index in [1.807, 2.05) is 30.9 Å². The van der Waals surface area contributed by atoms with Crippen molar-refractivity contribution in [2.75, 3.05) is 45.8 Å². The highest BCUT2D eigenvalue weighted by Gasteiger charge is 2.47. The number of rotatable bonds is 7. The Kier molecular flexibility index (Phi) is 8.82. The first-order valence-corrected chi connectivity index (χ1v) is 17.3. The van der Waals surface area contributed by atoms with Crippen LogP contribution in [0.5, 0.6) is 0 Å². The lowest BCUT2D eigenvalue weighted by Gasteiger charge is -2.55. The molecule has 0 spiro atoms. The van der Waals surface area contributed by atoms with Crippen LogP contribution in [0.4, 0.5) is 4.39 Å². The summed E-state index contributed by atoms with van der Waals surface area (Å²) in [7, 11) is -3.57. The second-order valence-corrected chi connectivity index (χ2v) is 15.1. The first-order valence-electron chi connectivity index (χ1n) is 15.9. The normalized spacial score (nSPS) is 22.6. The summed E-state index contributed by atoms with van der Waals surface area (Å²) in [5.74, 6) is -0.219. The maximum absolute atomic E-state index is 14.5. The lowest BCUT2D eigenvalue weighted by molar-refractivity contribution is -0.0491. The van der Waals surface area contributed by atoms with Gasteiger partial charge in [-0.2, -0.15) is 4.31 Å². The predicted molar refractivity (Wildman–Crippen MR) is 171 cm³/mol. The van der Waals surface area contributed by atoms with Gasteiger partial charge in [-0.3, -0.25) is 14.6 Å². The van der Waals surface area contributed by atoms with E-state index in [1.165, 1.54) is 12.4 Å². The third-order valence-corrected chi connectivity index (χ3v) is 12.1. The van der Waals surface area contributed by atoms with Crippen molar-refractivity contribution >= 4 is 15.9 Å². The maximum atomic E-state index is 14.5. The van der Waals surface area contributed by atoms with Crippen LogP contribution in [-0.2, 0) is 10.0 Å². The number of likely N-dealkylation sites (tertiary alicyclic amines) is 1. The van der Waals surface area contributed by atoms with Gasteiger partial charge in [0.15, 0.2) is 0 Å². The SMILES string of the molecule is Cc1ncnc(C)c1C(=O)N1CCC(C)(N2CCN([C@@H](c3cccc(F)c3)C3CN(S(=O)(=O)c4ccccc4)C3)C(C)C2)CC1. The second-order valence-electron chi connectivity index (χ2n) is 13.1. The molecule has 3 fully saturated rings. The van der Waals surface area contributed by atoms with Crippen LogP contribution < -0.4 is 0 Å². The third kappa shape index (κ3) is 6.15. The van der Waals surface area contributed by atoms with Crippen LogP contribution in [0.1, 0.15) is 60.0 Å². The quantitative estimate of drug-likeness (QED) is 0.383. The highest BCUT2D eigenvalue weighted by molar-refractivity contribution is 7.89. The fourth-order valence-corrected chi connectivity index (χ4v) is 9.05. The van der Waals surface area contributed by atoms with E-state index in [1.54, 1.807) is 40.7 Å². The minimum absolute atomic E-state index is 0.00703. The monoisotopic (exact) mass is 634 g/mol. The zero-order valence-corrected chi connectivity index (χ0v) is 27.4. The second kappa shape index (κ2) is 12.5. The molecule has 45 heavy (non-hydrogen) atoms. The first kappa shape index (κ1) is 31.7. The summed E-state index contributed by atoms with van der Waals surface area (Å²) < 4.78 is 42.6. The smallest absolute Gasteiger partial charge is 0.257 e. The van der Waals surface area contributed by atoms with Crippen LogP contribution in [-0.4, -0.2) is 101 Å². The highest BCUT2D eigenvalue weighted by Crippen LogP contribution is 2.41. The number of halogens is 1. The minimum atomic E-state index is -3.57. The zero-order valence-electron chi connectivity index (χ0n) is 26.6. The van der Waals surface area contributed by atoms with Crippen LogP contribution >= 0.6 is 0 Å². The summed E-state index contributed by atoms with van der Waals surface area (Å²) in [6.07, 6.45) is 3.25. The van der Waals surface area contributed by atoms with Crippen molar-refractivity contribution in [3.63, 3.8) is 0 Å². The first-order chi connectivity index (χ1) is 21.5. The van der Waals surface area contributed by atoms with Gasteiger partial charge < -0.3 is 4.90 Å². The summed E-state index contributed by atoms with van der Waals surface area (Å²) in [6.45, 7) is 12.9. The van der Waals surface area contributed by atoms with E-state index in [9.17, 15) is 17.6 Å². The highest BCUT2D eigenvalue weighted by atomic mass is 32.2. The van der Waals surface area contributed by atoms with Gasteiger partial charge in [0, 0.05) is 69.4 Å². The number of amides is 1. The van der Waals surface area contributed by atoms with E-state index < -0.39 is 10.0 Å². The van der Waals surface area contributed by atoms with Crippen molar-refractivity contribution in [3.05, 3.63) is 89.3 Å². The topological polar surface area (TPSA) is 90.0 Å². The summed E-state index contributed by atoms with van der Waals surface area (Å²) in [5, 5.41) is 0. The Bertz CT molecular complexity index is 1620. The van der Waals surface area contributed by atoms with Gasteiger partial charge in [-0.05, 0) is 70.4 Å². The minimum Gasteiger partial charge on any atom is -0.338 e. The molecule has 3 aliphatic heterocycles. The number of aryl methyl sites for hydroxylation is 2. The average Bonchev–Trinajstić information content (AvgIpc) is 2.99. The number of piperidine rings is 1. The Morgan fingerprint density at radius 3 is 2.22 bits per heavy atom. The number of sulfonamides is 1. The molecule has 0 saturated carbocycles. The average molecular weight is 635 g/mol. The molecule has 1 unspecified atom stereocenters. The Balaban J connectivity index is 1.13. The number of nitrogens with zero attached hydrogens (tertiary/aromatic N) is 6. The number of hydrogen-bond donors (Lipinski definition) is 0.